The molecule has 1 aromatic heterocycles. The van der Waals surface area contributed by atoms with Crippen molar-refractivity contribution >= 4 is 37.1 Å². The second-order valence-electron chi connectivity index (χ2n) is 4.59. The molecule has 0 spiro atoms. The molecular weight excluding hydrogens is 322 g/mol. The Hall–Kier alpha value is 0.0900. The molecule has 1 rings (SSSR count). The van der Waals surface area contributed by atoms with Crippen LogP contribution < -0.4 is 0 Å². The molecule has 1 heterocycles. The smallest absolute Gasteiger partial charge is 0.147 e. The van der Waals surface area contributed by atoms with E-state index in [1.165, 1.54) is 11.1 Å². The monoisotopic (exact) mass is 339 g/mol. The highest BCUT2D eigenvalue weighted by atomic mass is 79.9. The third-order valence-corrected chi connectivity index (χ3v) is 5.40. The average molecular weight is 340 g/mol. The standard InChI is InChI=1S/C11H18BrNO2S2/c1-9(8-17(3,14)15)6-13(2)7-11-10(12)4-5-16-11/h4-5,9H,6-8H2,1-3H3/t9-/m0/s1. The van der Waals surface area contributed by atoms with Gasteiger partial charge < -0.3 is 4.90 Å². The lowest BCUT2D eigenvalue weighted by Crippen LogP contribution is -2.27. The molecule has 0 amide bonds. The van der Waals surface area contributed by atoms with Gasteiger partial charge in [-0.2, -0.15) is 0 Å². The lowest BCUT2D eigenvalue weighted by Gasteiger charge is -2.20. The van der Waals surface area contributed by atoms with Crippen LogP contribution in [0.2, 0.25) is 0 Å². The summed E-state index contributed by atoms with van der Waals surface area (Å²) in [6.45, 7) is 3.62. The third kappa shape index (κ3) is 5.99. The van der Waals surface area contributed by atoms with Gasteiger partial charge in [-0.1, -0.05) is 6.92 Å². The summed E-state index contributed by atoms with van der Waals surface area (Å²) < 4.78 is 23.5. The van der Waals surface area contributed by atoms with Crippen molar-refractivity contribution in [2.45, 2.75) is 13.5 Å². The lowest BCUT2D eigenvalue weighted by molar-refractivity contribution is 0.291. The molecule has 0 aliphatic carbocycles. The number of sulfone groups is 1. The van der Waals surface area contributed by atoms with Gasteiger partial charge in [-0.05, 0) is 40.3 Å². The number of nitrogens with zero attached hydrogens (tertiary/aromatic N) is 1. The van der Waals surface area contributed by atoms with E-state index in [-0.39, 0.29) is 11.7 Å². The van der Waals surface area contributed by atoms with Crippen LogP contribution in [0.3, 0.4) is 0 Å². The van der Waals surface area contributed by atoms with Crippen molar-refractivity contribution in [3.05, 3.63) is 20.8 Å². The van der Waals surface area contributed by atoms with Crippen LogP contribution in [-0.4, -0.2) is 38.9 Å². The minimum atomic E-state index is -2.87. The Balaban J connectivity index is 2.45. The van der Waals surface area contributed by atoms with Gasteiger partial charge in [0.1, 0.15) is 9.84 Å². The summed E-state index contributed by atoms with van der Waals surface area (Å²) in [7, 11) is -0.854. The first-order valence-electron chi connectivity index (χ1n) is 5.36. The zero-order valence-corrected chi connectivity index (χ0v) is 13.5. The normalized spacial score (nSPS) is 14.2. The van der Waals surface area contributed by atoms with Crippen molar-refractivity contribution < 1.29 is 8.42 Å². The highest BCUT2D eigenvalue weighted by molar-refractivity contribution is 9.10. The van der Waals surface area contributed by atoms with E-state index in [0.29, 0.717) is 0 Å². The molecule has 0 aliphatic heterocycles. The SMILES string of the molecule is C[C@@H](CN(C)Cc1sccc1Br)CS(C)(=O)=O. The fourth-order valence-corrected chi connectivity index (χ4v) is 4.55. The Morgan fingerprint density at radius 1 is 1.53 bits per heavy atom. The maximum Gasteiger partial charge on any atom is 0.147 e. The minimum absolute atomic E-state index is 0.161. The largest absolute Gasteiger partial charge is 0.301 e. The molecule has 0 fully saturated rings. The lowest BCUT2D eigenvalue weighted by atomic mass is 10.2. The second kappa shape index (κ2) is 6.31. The maximum atomic E-state index is 11.2. The Bertz CT molecular complexity index is 456. The van der Waals surface area contributed by atoms with E-state index in [1.54, 1.807) is 11.3 Å². The molecule has 0 saturated heterocycles. The zero-order chi connectivity index (χ0) is 13.1. The van der Waals surface area contributed by atoms with E-state index in [0.717, 1.165) is 17.6 Å². The predicted octanol–water partition coefficient (Wildman–Crippen LogP) is 2.62. The molecular formula is C11H18BrNO2S2. The first-order chi connectivity index (χ1) is 7.78. The summed E-state index contributed by atoms with van der Waals surface area (Å²) in [5, 5.41) is 2.05. The fourth-order valence-electron chi connectivity index (χ4n) is 1.85. The van der Waals surface area contributed by atoms with Gasteiger partial charge in [-0.15, -0.1) is 11.3 Å². The van der Waals surface area contributed by atoms with E-state index < -0.39 is 9.84 Å². The van der Waals surface area contributed by atoms with Gasteiger partial charge in [0.05, 0.1) is 5.75 Å². The fraction of sp³-hybridized carbons (Fsp3) is 0.636. The number of halogens is 1. The van der Waals surface area contributed by atoms with Gasteiger partial charge in [0.15, 0.2) is 0 Å². The summed E-state index contributed by atoms with van der Waals surface area (Å²) >= 11 is 5.21. The third-order valence-electron chi connectivity index (χ3n) is 2.32. The second-order valence-corrected chi connectivity index (χ2v) is 8.63. The van der Waals surface area contributed by atoms with Crippen LogP contribution in [0.25, 0.3) is 0 Å². The molecule has 0 aromatic carbocycles. The summed E-state index contributed by atoms with van der Waals surface area (Å²) in [5.41, 5.74) is 0. The van der Waals surface area contributed by atoms with Crippen LogP contribution in [0.5, 0.6) is 0 Å². The van der Waals surface area contributed by atoms with Crippen molar-refractivity contribution in [2.24, 2.45) is 5.92 Å². The van der Waals surface area contributed by atoms with Crippen molar-refractivity contribution in [1.82, 2.24) is 4.90 Å². The van der Waals surface area contributed by atoms with Crippen molar-refractivity contribution in [2.75, 3.05) is 25.6 Å². The Morgan fingerprint density at radius 3 is 2.65 bits per heavy atom. The quantitative estimate of drug-likeness (QED) is 0.799. The number of hydrogen-bond donors (Lipinski definition) is 0. The van der Waals surface area contributed by atoms with Crippen molar-refractivity contribution in [3.63, 3.8) is 0 Å². The first kappa shape index (κ1) is 15.1. The minimum Gasteiger partial charge on any atom is -0.301 e. The van der Waals surface area contributed by atoms with Crippen LogP contribution in [0.4, 0.5) is 0 Å². The molecule has 3 nitrogen and oxygen atoms in total. The van der Waals surface area contributed by atoms with E-state index in [2.05, 4.69) is 20.8 Å². The van der Waals surface area contributed by atoms with Crippen LogP contribution in [0.15, 0.2) is 15.9 Å². The maximum absolute atomic E-state index is 11.2. The van der Waals surface area contributed by atoms with Crippen LogP contribution in [0.1, 0.15) is 11.8 Å². The highest BCUT2D eigenvalue weighted by Crippen LogP contribution is 2.24. The summed E-state index contributed by atoms with van der Waals surface area (Å²) in [6, 6.07) is 2.04. The van der Waals surface area contributed by atoms with E-state index >= 15 is 0 Å². The van der Waals surface area contributed by atoms with Crippen LogP contribution in [0, 0.1) is 5.92 Å². The molecule has 0 saturated carbocycles. The molecule has 1 atom stereocenters. The Morgan fingerprint density at radius 2 is 2.18 bits per heavy atom. The summed E-state index contributed by atoms with van der Waals surface area (Å²) in [5.74, 6) is 0.414. The highest BCUT2D eigenvalue weighted by Gasteiger charge is 2.13. The van der Waals surface area contributed by atoms with Gasteiger partial charge in [-0.3, -0.25) is 0 Å². The van der Waals surface area contributed by atoms with Gasteiger partial charge in [-0.25, -0.2) is 8.42 Å². The van der Waals surface area contributed by atoms with Crippen LogP contribution in [-0.2, 0) is 16.4 Å². The number of rotatable bonds is 6. The predicted molar refractivity (Wildman–Crippen MR) is 77.2 cm³/mol. The molecule has 0 aliphatic rings. The first-order valence-corrected chi connectivity index (χ1v) is 9.09. The Labute approximate surface area is 116 Å². The molecule has 0 unspecified atom stereocenters. The topological polar surface area (TPSA) is 37.4 Å². The Kier molecular flexibility index (Phi) is 5.63. The molecule has 0 radical (unpaired) electrons. The zero-order valence-electron chi connectivity index (χ0n) is 10.3. The summed E-state index contributed by atoms with van der Waals surface area (Å²) in [4.78, 5) is 3.44. The molecule has 1 aromatic rings. The molecule has 6 heteroatoms. The van der Waals surface area contributed by atoms with Gasteiger partial charge >= 0.3 is 0 Å². The summed E-state index contributed by atoms with van der Waals surface area (Å²) in [6.07, 6.45) is 1.29. The molecule has 98 valence electrons. The van der Waals surface area contributed by atoms with E-state index in [9.17, 15) is 8.42 Å². The van der Waals surface area contributed by atoms with Gasteiger partial charge in [0, 0.05) is 28.7 Å². The van der Waals surface area contributed by atoms with Crippen molar-refractivity contribution in [3.8, 4) is 0 Å². The average Bonchev–Trinajstić information content (AvgIpc) is 2.47. The van der Waals surface area contributed by atoms with Crippen LogP contribution >= 0.6 is 27.3 Å². The van der Waals surface area contributed by atoms with Gasteiger partial charge in [0.25, 0.3) is 0 Å². The molecule has 0 N–H and O–H groups in total. The van der Waals surface area contributed by atoms with Gasteiger partial charge in [0.2, 0.25) is 0 Å². The van der Waals surface area contributed by atoms with E-state index in [4.69, 9.17) is 0 Å². The number of hydrogen-bond acceptors (Lipinski definition) is 4. The van der Waals surface area contributed by atoms with Crippen molar-refractivity contribution in [1.29, 1.82) is 0 Å². The molecule has 17 heavy (non-hydrogen) atoms. The molecule has 0 bridgehead atoms. The number of thiophene rings is 1. The van der Waals surface area contributed by atoms with E-state index in [1.807, 2.05) is 25.4 Å².